The Morgan fingerprint density at radius 2 is 0.980 bits per heavy atom. The Morgan fingerprint density at radius 3 is 1.31 bits per heavy atom. The summed E-state index contributed by atoms with van der Waals surface area (Å²) in [5, 5.41) is 3.08. The maximum Gasteiger partial charge on any atom is 0.118 e. The van der Waals surface area contributed by atoms with E-state index in [-0.39, 0.29) is 0 Å². The molecule has 0 atom stereocenters. The van der Waals surface area contributed by atoms with Gasteiger partial charge in [-0.15, -0.1) is 11.8 Å². The highest BCUT2D eigenvalue weighted by Gasteiger charge is 2.18. The van der Waals surface area contributed by atoms with Gasteiger partial charge in [-0.1, -0.05) is 96.0 Å². The molecular formula is C46H69NO3S. The molecule has 4 aromatic rings. The van der Waals surface area contributed by atoms with Crippen molar-refractivity contribution in [2.24, 2.45) is 5.92 Å². The van der Waals surface area contributed by atoms with Crippen LogP contribution in [-0.2, 0) is 30.4 Å². The van der Waals surface area contributed by atoms with Gasteiger partial charge in [-0.25, -0.2) is 0 Å². The van der Waals surface area contributed by atoms with Gasteiger partial charge in [0.1, 0.15) is 11.5 Å². The van der Waals surface area contributed by atoms with Crippen LogP contribution in [0.4, 0.5) is 5.69 Å². The van der Waals surface area contributed by atoms with Crippen molar-refractivity contribution in [2.45, 2.75) is 110 Å². The van der Waals surface area contributed by atoms with Crippen molar-refractivity contribution in [1.29, 1.82) is 0 Å². The maximum atomic E-state index is 5.28. The van der Waals surface area contributed by atoms with Gasteiger partial charge in [0.15, 0.2) is 0 Å². The standard InChI is InChI=1S/C10H14O.C9H13N.C9H18O.C9H12O.C9H12S/c1-3-4-9-5-7-10(11-2)8-6-9;4*1-3-8-4-6-9(10-2)7-5-8/h5-8H,3-4H2,1-2H3;4-7,10H,3H2,1-2H3;8-9H,3-7H2,1-2H3;2*4-7H,3H2,1-2H3. The lowest BCUT2D eigenvalue weighted by atomic mass is 9.86. The molecule has 0 unspecified atom stereocenters. The molecule has 0 heterocycles. The first-order valence-corrected chi connectivity index (χ1v) is 20.2. The van der Waals surface area contributed by atoms with Gasteiger partial charge in [-0.2, -0.15) is 0 Å². The average molecular weight is 716 g/mol. The Hall–Kier alpha value is -3.41. The van der Waals surface area contributed by atoms with Crippen molar-refractivity contribution < 1.29 is 14.2 Å². The highest BCUT2D eigenvalue weighted by atomic mass is 32.2. The van der Waals surface area contributed by atoms with E-state index in [1.165, 1.54) is 71.4 Å². The Bertz CT molecular complexity index is 1150. The van der Waals surface area contributed by atoms with Crippen LogP contribution < -0.4 is 14.8 Å². The van der Waals surface area contributed by atoms with Crippen LogP contribution in [0.1, 0.15) is 95.4 Å². The van der Waals surface area contributed by atoms with Crippen LogP contribution in [0.3, 0.4) is 0 Å². The van der Waals surface area contributed by atoms with Gasteiger partial charge in [-0.05, 0) is 134 Å². The van der Waals surface area contributed by atoms with E-state index in [4.69, 9.17) is 14.2 Å². The first-order chi connectivity index (χ1) is 24.8. The molecule has 0 bridgehead atoms. The average Bonchev–Trinajstić information content (AvgIpc) is 3.22. The van der Waals surface area contributed by atoms with E-state index in [1.807, 2.05) is 38.4 Å². The number of hydrogen-bond donors (Lipinski definition) is 1. The molecule has 4 nitrogen and oxygen atoms in total. The van der Waals surface area contributed by atoms with Gasteiger partial charge in [-0.3, -0.25) is 0 Å². The lowest BCUT2D eigenvalue weighted by molar-refractivity contribution is 0.0563. The molecule has 51 heavy (non-hydrogen) atoms. The molecule has 1 aliphatic rings. The summed E-state index contributed by atoms with van der Waals surface area (Å²) in [4.78, 5) is 1.34. The van der Waals surface area contributed by atoms with E-state index < -0.39 is 0 Å². The molecular weight excluding hydrogens is 647 g/mol. The molecule has 1 saturated carbocycles. The van der Waals surface area contributed by atoms with E-state index in [0.29, 0.717) is 6.10 Å². The smallest absolute Gasteiger partial charge is 0.118 e. The van der Waals surface area contributed by atoms with Crippen LogP contribution in [0.25, 0.3) is 0 Å². The SMILES string of the molecule is CCC1CCC(OC)CC1.CCCc1ccc(OC)cc1.CCc1ccc(NC)cc1.CCc1ccc(OC)cc1.CCc1ccc(SC)cc1. The monoisotopic (exact) mass is 715 g/mol. The number of rotatable bonds is 11. The zero-order chi connectivity index (χ0) is 37.7. The van der Waals surface area contributed by atoms with Gasteiger partial charge in [0.05, 0.1) is 20.3 Å². The molecule has 0 radical (unpaired) electrons. The van der Waals surface area contributed by atoms with Crippen molar-refractivity contribution >= 4 is 17.4 Å². The number of benzene rings is 4. The lowest BCUT2D eigenvalue weighted by Crippen LogP contribution is -2.19. The lowest BCUT2D eigenvalue weighted by Gasteiger charge is -2.26. The molecule has 5 heteroatoms. The van der Waals surface area contributed by atoms with E-state index in [0.717, 1.165) is 43.1 Å². The predicted molar refractivity (Wildman–Crippen MR) is 225 cm³/mol. The minimum absolute atomic E-state index is 0.572. The second kappa shape index (κ2) is 29.2. The number of thioether (sulfide) groups is 1. The summed E-state index contributed by atoms with van der Waals surface area (Å²) >= 11 is 1.79. The fraction of sp³-hybridized carbons (Fsp3) is 0.478. The molecule has 0 amide bonds. The second-order valence-corrected chi connectivity index (χ2v) is 13.5. The summed E-state index contributed by atoms with van der Waals surface area (Å²) in [5.41, 5.74) is 6.71. The van der Waals surface area contributed by atoms with Crippen LogP contribution in [-0.4, -0.2) is 40.7 Å². The number of aryl methyl sites for hydroxylation is 4. The molecule has 282 valence electrons. The summed E-state index contributed by atoms with van der Waals surface area (Å²) in [5.74, 6) is 2.86. The van der Waals surface area contributed by atoms with Crippen LogP contribution in [0.5, 0.6) is 11.5 Å². The minimum atomic E-state index is 0.572. The molecule has 0 saturated heterocycles. The highest BCUT2D eigenvalue weighted by Crippen LogP contribution is 2.27. The van der Waals surface area contributed by atoms with Crippen LogP contribution in [0.2, 0.25) is 0 Å². The Kier molecular flexibility index (Phi) is 26.1. The van der Waals surface area contributed by atoms with E-state index in [1.54, 1.807) is 26.0 Å². The van der Waals surface area contributed by atoms with Gasteiger partial charge >= 0.3 is 0 Å². The maximum absolute atomic E-state index is 5.28. The zero-order valence-electron chi connectivity index (χ0n) is 33.6. The Balaban J connectivity index is 0.000000319. The number of anilines is 1. The molecule has 1 aliphatic carbocycles. The van der Waals surface area contributed by atoms with Crippen molar-refractivity contribution in [3.05, 3.63) is 119 Å². The van der Waals surface area contributed by atoms with Gasteiger partial charge in [0, 0.05) is 24.7 Å². The normalized spacial score (nSPS) is 14.4. The van der Waals surface area contributed by atoms with Crippen LogP contribution in [0.15, 0.2) is 102 Å². The summed E-state index contributed by atoms with van der Waals surface area (Å²) in [6, 6.07) is 33.6. The predicted octanol–water partition coefficient (Wildman–Crippen LogP) is 12.8. The third-order valence-corrected chi connectivity index (χ3v) is 9.93. The number of nitrogens with one attached hydrogen (secondary N) is 1. The summed E-state index contributed by atoms with van der Waals surface area (Å²) in [6.07, 6.45) is 15.1. The molecule has 1 fully saturated rings. The molecule has 5 rings (SSSR count). The molecule has 4 aromatic carbocycles. The first kappa shape index (κ1) is 45.6. The Labute approximate surface area is 317 Å². The van der Waals surface area contributed by atoms with Crippen molar-refractivity contribution in [1.82, 2.24) is 0 Å². The molecule has 0 spiro atoms. The van der Waals surface area contributed by atoms with E-state index in [2.05, 4.69) is 119 Å². The van der Waals surface area contributed by atoms with Crippen molar-refractivity contribution in [3.8, 4) is 11.5 Å². The number of methoxy groups -OCH3 is 3. The topological polar surface area (TPSA) is 39.7 Å². The summed E-state index contributed by atoms with van der Waals surface area (Å²) < 4.78 is 15.3. The fourth-order valence-corrected chi connectivity index (χ4v) is 5.89. The second-order valence-electron chi connectivity index (χ2n) is 12.6. The number of ether oxygens (including phenoxy) is 3. The fourth-order valence-electron chi connectivity index (χ4n) is 5.49. The minimum Gasteiger partial charge on any atom is -0.497 e. The third kappa shape index (κ3) is 20.3. The summed E-state index contributed by atoms with van der Waals surface area (Å²) in [7, 11) is 7.13. The molecule has 0 aromatic heterocycles. The van der Waals surface area contributed by atoms with Gasteiger partial charge < -0.3 is 19.5 Å². The Morgan fingerprint density at radius 1 is 0.569 bits per heavy atom. The van der Waals surface area contributed by atoms with Gasteiger partial charge in [0.2, 0.25) is 0 Å². The summed E-state index contributed by atoms with van der Waals surface area (Å²) in [6.45, 7) is 11.0. The van der Waals surface area contributed by atoms with Crippen molar-refractivity contribution in [2.75, 3.05) is 39.9 Å². The van der Waals surface area contributed by atoms with Crippen molar-refractivity contribution in [3.63, 3.8) is 0 Å². The largest absolute Gasteiger partial charge is 0.497 e. The molecule has 0 aliphatic heterocycles. The van der Waals surface area contributed by atoms with Gasteiger partial charge in [0.25, 0.3) is 0 Å². The highest BCUT2D eigenvalue weighted by molar-refractivity contribution is 7.98. The number of hydrogen-bond acceptors (Lipinski definition) is 5. The third-order valence-electron chi connectivity index (χ3n) is 9.19. The van der Waals surface area contributed by atoms with Crippen LogP contribution in [0, 0.1) is 5.92 Å². The van der Waals surface area contributed by atoms with E-state index in [9.17, 15) is 0 Å². The van der Waals surface area contributed by atoms with Crippen LogP contribution >= 0.6 is 11.8 Å². The zero-order valence-corrected chi connectivity index (χ0v) is 34.4. The first-order valence-electron chi connectivity index (χ1n) is 19.0. The van der Waals surface area contributed by atoms with E-state index >= 15 is 0 Å². The quantitative estimate of drug-likeness (QED) is 0.157. The molecule has 1 N–H and O–H groups in total.